The molecule has 2 aromatic rings. The molecule has 2 aromatic carbocycles. The minimum absolute atomic E-state index is 0.170. The Hall–Kier alpha value is -3.02. The zero-order valence-corrected chi connectivity index (χ0v) is 15.6. The van der Waals surface area contributed by atoms with E-state index in [0.29, 0.717) is 48.9 Å². The van der Waals surface area contributed by atoms with E-state index in [9.17, 15) is 9.59 Å². The smallest absolute Gasteiger partial charge is 0.339 e. The highest BCUT2D eigenvalue weighted by atomic mass is 16.6. The number of rotatable bonds is 4. The highest BCUT2D eigenvalue weighted by molar-refractivity contribution is 5.93. The lowest BCUT2D eigenvalue weighted by atomic mass is 10.1. The number of likely N-dealkylation sites (tertiary alicyclic amines) is 1. The molecule has 1 atom stereocenters. The van der Waals surface area contributed by atoms with Crippen molar-refractivity contribution in [2.24, 2.45) is 0 Å². The topological polar surface area (TPSA) is 65.1 Å². The number of piperidine rings is 1. The summed E-state index contributed by atoms with van der Waals surface area (Å²) < 4.78 is 16.7. The number of esters is 1. The molecular weight excluding hydrogens is 358 g/mol. The number of nitrogens with zero attached hydrogens (tertiary/aromatic N) is 1. The summed E-state index contributed by atoms with van der Waals surface area (Å²) in [6.45, 7) is 2.32. The Morgan fingerprint density at radius 2 is 1.61 bits per heavy atom. The average molecular weight is 381 g/mol. The van der Waals surface area contributed by atoms with E-state index in [4.69, 9.17) is 14.2 Å². The number of hydrogen-bond donors (Lipinski definition) is 0. The minimum atomic E-state index is -0.958. The Morgan fingerprint density at radius 3 is 2.36 bits per heavy atom. The molecule has 0 bridgehead atoms. The summed E-state index contributed by atoms with van der Waals surface area (Å²) in [4.78, 5) is 27.7. The van der Waals surface area contributed by atoms with Crippen molar-refractivity contribution >= 4 is 11.9 Å². The van der Waals surface area contributed by atoms with Gasteiger partial charge in [0.2, 0.25) is 6.10 Å². The monoisotopic (exact) mass is 381 g/mol. The summed E-state index contributed by atoms with van der Waals surface area (Å²) in [6.07, 6.45) is 2.11. The number of carbonyl (C=O) groups is 2. The number of carbonyl (C=O) groups excluding carboxylic acids is 2. The lowest BCUT2D eigenvalue weighted by Gasteiger charge is -2.30. The molecule has 6 nitrogen and oxygen atoms in total. The first kappa shape index (κ1) is 18.3. The van der Waals surface area contributed by atoms with Gasteiger partial charge in [-0.1, -0.05) is 30.3 Å². The lowest BCUT2D eigenvalue weighted by Crippen LogP contribution is -2.40. The van der Waals surface area contributed by atoms with E-state index in [-0.39, 0.29) is 5.91 Å². The van der Waals surface area contributed by atoms with Crippen LogP contribution in [-0.2, 0) is 9.53 Å². The van der Waals surface area contributed by atoms with Crippen molar-refractivity contribution in [2.75, 3.05) is 26.3 Å². The van der Waals surface area contributed by atoms with Crippen LogP contribution >= 0.6 is 0 Å². The van der Waals surface area contributed by atoms with Gasteiger partial charge in [-0.15, -0.1) is 0 Å². The second-order valence-corrected chi connectivity index (χ2v) is 6.94. The molecule has 2 aliphatic heterocycles. The summed E-state index contributed by atoms with van der Waals surface area (Å²) in [7, 11) is 0. The number of fused-ring (bicyclic) bond motifs is 1. The van der Waals surface area contributed by atoms with Crippen LogP contribution in [0.1, 0.15) is 41.3 Å². The predicted molar refractivity (Wildman–Crippen MR) is 102 cm³/mol. The predicted octanol–water partition coefficient (Wildman–Crippen LogP) is 3.37. The van der Waals surface area contributed by atoms with Crippen LogP contribution in [-0.4, -0.2) is 43.1 Å². The van der Waals surface area contributed by atoms with Crippen LogP contribution in [0.15, 0.2) is 48.5 Å². The molecule has 1 saturated heterocycles. The number of ether oxygens (including phenoxy) is 3. The Bertz CT molecular complexity index is 845. The van der Waals surface area contributed by atoms with E-state index in [1.54, 1.807) is 23.1 Å². The maximum atomic E-state index is 13.1. The van der Waals surface area contributed by atoms with Gasteiger partial charge in [0.05, 0.1) is 5.56 Å². The number of hydrogen-bond acceptors (Lipinski definition) is 5. The first-order valence-corrected chi connectivity index (χ1v) is 9.67. The van der Waals surface area contributed by atoms with Gasteiger partial charge in [0.25, 0.3) is 5.91 Å². The van der Waals surface area contributed by atoms with Crippen LogP contribution in [0.4, 0.5) is 0 Å². The van der Waals surface area contributed by atoms with Crippen molar-refractivity contribution in [1.82, 2.24) is 4.90 Å². The third kappa shape index (κ3) is 3.96. The third-order valence-corrected chi connectivity index (χ3v) is 5.00. The first-order valence-electron chi connectivity index (χ1n) is 9.67. The van der Waals surface area contributed by atoms with E-state index in [1.807, 2.05) is 30.3 Å². The molecule has 0 N–H and O–H groups in total. The van der Waals surface area contributed by atoms with Crippen LogP contribution in [0.2, 0.25) is 0 Å². The van der Waals surface area contributed by atoms with Gasteiger partial charge in [-0.05, 0) is 37.5 Å². The van der Waals surface area contributed by atoms with E-state index >= 15 is 0 Å². The summed E-state index contributed by atoms with van der Waals surface area (Å²) in [5.41, 5.74) is 1.00. The maximum Gasteiger partial charge on any atom is 0.339 e. The fraction of sp³-hybridized carbons (Fsp3) is 0.364. The molecule has 4 rings (SSSR count). The van der Waals surface area contributed by atoms with Crippen LogP contribution < -0.4 is 9.47 Å². The zero-order chi connectivity index (χ0) is 19.3. The molecule has 2 aliphatic rings. The Labute approximate surface area is 164 Å². The Morgan fingerprint density at radius 1 is 0.893 bits per heavy atom. The van der Waals surface area contributed by atoms with Gasteiger partial charge in [-0.25, -0.2) is 4.79 Å². The first-order chi connectivity index (χ1) is 13.7. The van der Waals surface area contributed by atoms with Crippen LogP contribution in [0, 0.1) is 0 Å². The largest absolute Gasteiger partial charge is 0.486 e. The second-order valence-electron chi connectivity index (χ2n) is 6.94. The zero-order valence-electron chi connectivity index (χ0n) is 15.6. The standard InChI is InChI=1S/C22H23NO5/c24-21(23-11-5-2-6-12-23)20(16-7-3-1-4-8-16)28-22(25)17-9-10-18-19(15-17)27-14-13-26-18/h1,3-4,7-10,15,20H,2,5-6,11-14H2/t20-/m1/s1. The fourth-order valence-corrected chi connectivity index (χ4v) is 3.51. The van der Waals surface area contributed by atoms with Crippen molar-refractivity contribution in [3.8, 4) is 11.5 Å². The van der Waals surface area contributed by atoms with E-state index < -0.39 is 12.1 Å². The lowest BCUT2D eigenvalue weighted by molar-refractivity contribution is -0.142. The Kier molecular flexibility index (Phi) is 5.46. The molecule has 0 aromatic heterocycles. The SMILES string of the molecule is O=C(O[C@@H](C(=O)N1CCCCC1)c1ccccc1)c1ccc2c(c1)OCCO2. The van der Waals surface area contributed by atoms with Gasteiger partial charge < -0.3 is 19.1 Å². The molecule has 6 heteroatoms. The average Bonchev–Trinajstić information content (AvgIpc) is 2.77. The minimum Gasteiger partial charge on any atom is -0.486 e. The Balaban J connectivity index is 1.56. The summed E-state index contributed by atoms with van der Waals surface area (Å²) in [6, 6.07) is 14.1. The van der Waals surface area contributed by atoms with Gasteiger partial charge in [-0.2, -0.15) is 0 Å². The highest BCUT2D eigenvalue weighted by Crippen LogP contribution is 2.32. The van der Waals surface area contributed by atoms with Crippen molar-refractivity contribution in [3.05, 3.63) is 59.7 Å². The van der Waals surface area contributed by atoms with Crippen LogP contribution in [0.25, 0.3) is 0 Å². The van der Waals surface area contributed by atoms with E-state index in [0.717, 1.165) is 19.3 Å². The van der Waals surface area contributed by atoms with Gasteiger partial charge in [0.15, 0.2) is 11.5 Å². The summed E-state index contributed by atoms with van der Waals surface area (Å²) in [5.74, 6) is 0.388. The molecule has 0 radical (unpaired) electrons. The van der Waals surface area contributed by atoms with Gasteiger partial charge >= 0.3 is 5.97 Å². The van der Waals surface area contributed by atoms with Gasteiger partial charge in [0, 0.05) is 18.7 Å². The summed E-state index contributed by atoms with van der Waals surface area (Å²) >= 11 is 0. The van der Waals surface area contributed by atoms with Crippen LogP contribution in [0.3, 0.4) is 0 Å². The molecule has 28 heavy (non-hydrogen) atoms. The molecule has 2 heterocycles. The van der Waals surface area contributed by atoms with Crippen molar-refractivity contribution < 1.29 is 23.8 Å². The maximum absolute atomic E-state index is 13.1. The van der Waals surface area contributed by atoms with Gasteiger partial charge in [-0.3, -0.25) is 4.79 Å². The normalized spacial score (nSPS) is 16.9. The second kappa shape index (κ2) is 8.33. The molecule has 0 unspecified atom stereocenters. The van der Waals surface area contributed by atoms with Gasteiger partial charge in [0.1, 0.15) is 13.2 Å². The third-order valence-electron chi connectivity index (χ3n) is 5.00. The molecule has 0 spiro atoms. The van der Waals surface area contributed by atoms with E-state index in [1.165, 1.54) is 0 Å². The fourth-order valence-electron chi connectivity index (χ4n) is 3.51. The van der Waals surface area contributed by atoms with Crippen molar-refractivity contribution in [1.29, 1.82) is 0 Å². The number of amides is 1. The summed E-state index contributed by atoms with van der Waals surface area (Å²) in [5, 5.41) is 0. The molecule has 0 aliphatic carbocycles. The van der Waals surface area contributed by atoms with Crippen molar-refractivity contribution in [3.63, 3.8) is 0 Å². The van der Waals surface area contributed by atoms with Crippen LogP contribution in [0.5, 0.6) is 11.5 Å². The number of benzene rings is 2. The molecular formula is C22H23NO5. The van der Waals surface area contributed by atoms with E-state index in [2.05, 4.69) is 0 Å². The molecule has 0 saturated carbocycles. The molecule has 1 fully saturated rings. The molecule has 1 amide bonds. The van der Waals surface area contributed by atoms with Crippen molar-refractivity contribution in [2.45, 2.75) is 25.4 Å². The molecule has 146 valence electrons. The quantitative estimate of drug-likeness (QED) is 0.760. The highest BCUT2D eigenvalue weighted by Gasteiger charge is 2.31.